The smallest absolute Gasteiger partial charge is 0.253 e. The number of hydrogen-bond acceptors (Lipinski definition) is 0. The number of benzene rings is 11. The van der Waals surface area contributed by atoms with Crippen molar-refractivity contribution in [3.05, 3.63) is 224 Å². The summed E-state index contributed by atoms with van der Waals surface area (Å²) >= 11 is 0. The summed E-state index contributed by atoms with van der Waals surface area (Å²) in [5, 5.41) is 11.5. The lowest BCUT2D eigenvalue weighted by atomic mass is 9.33. The molecule has 2 nitrogen and oxygen atoms in total. The maximum absolute atomic E-state index is 2.65. The minimum Gasteiger partial charge on any atom is -0.310 e. The molecule has 15 rings (SSSR count). The molecule has 0 N–H and O–H groups in total. The molecule has 0 saturated heterocycles. The van der Waals surface area contributed by atoms with Crippen LogP contribution >= 0.6 is 0 Å². The van der Waals surface area contributed by atoms with Crippen LogP contribution < -0.4 is 16.4 Å². The van der Waals surface area contributed by atoms with Gasteiger partial charge in [-0.1, -0.05) is 200 Å². The van der Waals surface area contributed by atoms with E-state index >= 15 is 0 Å². The highest BCUT2D eigenvalue weighted by Gasteiger charge is 2.43. The number of hydrogen-bond donors (Lipinski definition) is 0. The minimum atomic E-state index is -0.0299. The summed E-state index contributed by atoms with van der Waals surface area (Å²) in [6.07, 6.45) is 0. The maximum Gasteiger partial charge on any atom is 0.253 e. The lowest BCUT2D eigenvalue weighted by Crippen LogP contribution is -2.59. The minimum absolute atomic E-state index is 0.0299. The fourth-order valence-electron chi connectivity index (χ4n) is 12.0. The number of rotatable bonds is 4. The standard InChI is InChI=1S/C62H37BN2/c1-4-16-38(17-5-1)43-31-32-48-52-37-51-46-26-13-11-19-40(46)30-33-49(51)58-62(52)64(54(48)34-43)55-35-44(47-27-14-24-39-18-10-12-25-45(39)47)36-56-59(55)63(58)53-29-15-28-50-57(41-20-6-2-7-21-41)60(65(56)61(50)53)42-22-8-3-9-23-42/h1-37H. The van der Waals surface area contributed by atoms with Crippen molar-refractivity contribution in [2.75, 3.05) is 0 Å². The number of nitrogens with zero attached hydrogens (tertiary/aromatic N) is 2. The Labute approximate surface area is 376 Å². The SMILES string of the molecule is c1ccc(-c2ccc3c4cc5c(ccc6ccccc65)c5c4n(c3c2)-c2cc(-c3cccc4ccccc34)cc3c2B5c2cccc4c(-c5ccccc5)c(-c5ccccc5)n-3c24)cc1. The van der Waals surface area contributed by atoms with Gasteiger partial charge in [0, 0.05) is 44.1 Å². The molecule has 0 spiro atoms. The summed E-state index contributed by atoms with van der Waals surface area (Å²) in [4.78, 5) is 0. The van der Waals surface area contributed by atoms with Crippen LogP contribution in [-0.2, 0) is 0 Å². The molecule has 0 amide bonds. The highest BCUT2D eigenvalue weighted by Crippen LogP contribution is 2.47. The van der Waals surface area contributed by atoms with E-state index in [-0.39, 0.29) is 6.71 Å². The maximum atomic E-state index is 2.65. The third-order valence-corrected chi connectivity index (χ3v) is 14.7. The molecule has 0 atom stereocenters. The van der Waals surface area contributed by atoms with E-state index in [4.69, 9.17) is 0 Å². The van der Waals surface area contributed by atoms with Crippen LogP contribution in [0.4, 0.5) is 0 Å². The first kappa shape index (κ1) is 35.1. The van der Waals surface area contributed by atoms with Gasteiger partial charge in [-0.3, -0.25) is 0 Å². The molecule has 11 aromatic carbocycles. The number of aromatic nitrogens is 2. The second kappa shape index (κ2) is 13.1. The monoisotopic (exact) mass is 820 g/mol. The molecule has 2 aromatic heterocycles. The average molecular weight is 821 g/mol. The van der Waals surface area contributed by atoms with Gasteiger partial charge in [-0.05, 0) is 106 Å². The highest BCUT2D eigenvalue weighted by molar-refractivity contribution is 7.01. The van der Waals surface area contributed by atoms with Crippen molar-refractivity contribution in [2.45, 2.75) is 0 Å². The lowest BCUT2D eigenvalue weighted by Gasteiger charge is -2.35. The van der Waals surface area contributed by atoms with E-state index in [1.807, 2.05) is 0 Å². The molecule has 0 aliphatic carbocycles. The van der Waals surface area contributed by atoms with E-state index in [1.165, 1.54) is 137 Å². The molecule has 0 radical (unpaired) electrons. The van der Waals surface area contributed by atoms with Crippen molar-refractivity contribution < 1.29 is 0 Å². The Balaban J connectivity index is 1.19. The molecule has 4 heterocycles. The van der Waals surface area contributed by atoms with Gasteiger partial charge in [0.05, 0.1) is 11.2 Å². The first-order valence-corrected chi connectivity index (χ1v) is 22.7. The lowest BCUT2D eigenvalue weighted by molar-refractivity contribution is 1.12. The van der Waals surface area contributed by atoms with Crippen molar-refractivity contribution in [1.29, 1.82) is 0 Å². The van der Waals surface area contributed by atoms with Gasteiger partial charge in [-0.25, -0.2) is 0 Å². The van der Waals surface area contributed by atoms with Gasteiger partial charge in [0.15, 0.2) is 0 Å². The summed E-state index contributed by atoms with van der Waals surface area (Å²) in [7, 11) is 0. The fourth-order valence-corrected chi connectivity index (χ4v) is 12.0. The van der Waals surface area contributed by atoms with E-state index < -0.39 is 0 Å². The Morgan fingerprint density at radius 2 is 0.923 bits per heavy atom. The predicted molar refractivity (Wildman–Crippen MR) is 277 cm³/mol. The third kappa shape index (κ3) is 4.74. The molecule has 2 aliphatic heterocycles. The normalized spacial score (nSPS) is 12.6. The zero-order chi connectivity index (χ0) is 42.3. The van der Waals surface area contributed by atoms with Crippen LogP contribution in [0.15, 0.2) is 224 Å². The van der Waals surface area contributed by atoms with Crippen molar-refractivity contribution in [3.63, 3.8) is 0 Å². The molecule has 0 unspecified atom stereocenters. The summed E-state index contributed by atoms with van der Waals surface area (Å²) < 4.78 is 5.30. The van der Waals surface area contributed by atoms with Gasteiger partial charge in [0.1, 0.15) is 0 Å². The number of fused-ring (bicyclic) bond motifs is 12. The Morgan fingerprint density at radius 1 is 0.308 bits per heavy atom. The molecule has 2 aliphatic rings. The Morgan fingerprint density at radius 3 is 1.71 bits per heavy atom. The quantitative estimate of drug-likeness (QED) is 0.124. The number of para-hydroxylation sites is 1. The largest absolute Gasteiger partial charge is 0.310 e. The third-order valence-electron chi connectivity index (χ3n) is 14.7. The zero-order valence-corrected chi connectivity index (χ0v) is 35.3. The zero-order valence-electron chi connectivity index (χ0n) is 35.3. The summed E-state index contributed by atoms with van der Waals surface area (Å²) in [5.41, 5.74) is 20.1. The van der Waals surface area contributed by atoms with Crippen LogP contribution in [0.1, 0.15) is 0 Å². The van der Waals surface area contributed by atoms with Gasteiger partial charge in [0.25, 0.3) is 6.71 Å². The summed E-state index contributed by atoms with van der Waals surface area (Å²) in [5.74, 6) is 0. The van der Waals surface area contributed by atoms with E-state index in [0.29, 0.717) is 0 Å². The molecule has 3 heteroatoms. The van der Waals surface area contributed by atoms with E-state index in [1.54, 1.807) is 0 Å². The highest BCUT2D eigenvalue weighted by atomic mass is 15.0. The van der Waals surface area contributed by atoms with E-state index in [2.05, 4.69) is 234 Å². The molecule has 298 valence electrons. The van der Waals surface area contributed by atoms with Crippen molar-refractivity contribution >= 4 is 88.1 Å². The van der Waals surface area contributed by atoms with Crippen molar-refractivity contribution in [1.82, 2.24) is 9.13 Å². The average Bonchev–Trinajstić information content (AvgIpc) is 3.90. The van der Waals surface area contributed by atoms with Gasteiger partial charge in [-0.15, -0.1) is 0 Å². The van der Waals surface area contributed by atoms with Crippen LogP contribution in [-0.4, -0.2) is 15.8 Å². The summed E-state index contributed by atoms with van der Waals surface area (Å²) in [6, 6.07) is 84.1. The van der Waals surface area contributed by atoms with Gasteiger partial charge in [-0.2, -0.15) is 0 Å². The second-order valence-electron chi connectivity index (χ2n) is 17.9. The molecular weight excluding hydrogens is 784 g/mol. The van der Waals surface area contributed by atoms with Crippen LogP contribution in [0.5, 0.6) is 0 Å². The Bertz CT molecular complexity index is 4160. The van der Waals surface area contributed by atoms with Crippen LogP contribution in [0.2, 0.25) is 0 Å². The van der Waals surface area contributed by atoms with Crippen molar-refractivity contribution in [2.24, 2.45) is 0 Å². The van der Waals surface area contributed by atoms with Crippen molar-refractivity contribution in [3.8, 4) is 56.0 Å². The first-order chi connectivity index (χ1) is 32.3. The molecular formula is C62H37BN2. The van der Waals surface area contributed by atoms with E-state index in [9.17, 15) is 0 Å². The first-order valence-electron chi connectivity index (χ1n) is 22.7. The van der Waals surface area contributed by atoms with Gasteiger partial charge >= 0.3 is 0 Å². The Hall–Kier alpha value is -8.40. The predicted octanol–water partition coefficient (Wildman–Crippen LogP) is 14.0. The second-order valence-corrected chi connectivity index (χ2v) is 17.9. The van der Waals surface area contributed by atoms with Crippen LogP contribution in [0.25, 0.3) is 121 Å². The molecule has 0 bridgehead atoms. The topological polar surface area (TPSA) is 9.86 Å². The fraction of sp³-hybridized carbons (Fsp3) is 0. The molecule has 65 heavy (non-hydrogen) atoms. The van der Waals surface area contributed by atoms with Crippen LogP contribution in [0.3, 0.4) is 0 Å². The Kier molecular flexibility index (Phi) is 7.06. The molecule has 13 aromatic rings. The van der Waals surface area contributed by atoms with E-state index in [0.717, 1.165) is 0 Å². The molecule has 0 fully saturated rings. The van der Waals surface area contributed by atoms with Gasteiger partial charge in [0.2, 0.25) is 0 Å². The van der Waals surface area contributed by atoms with Crippen LogP contribution in [0, 0.1) is 0 Å². The molecule has 0 saturated carbocycles. The van der Waals surface area contributed by atoms with Gasteiger partial charge < -0.3 is 9.13 Å². The summed E-state index contributed by atoms with van der Waals surface area (Å²) in [6.45, 7) is -0.0299.